The number of methoxy groups -OCH3 is 1. The number of H-pyrrole nitrogens is 1. The number of carbonyl (C=O) groups excluding carboxylic acids is 1. The number of hydrogen-bond donors (Lipinski definition) is 2. The number of rotatable bonds is 4. The van der Waals surface area contributed by atoms with Gasteiger partial charge in [0.1, 0.15) is 16.8 Å². The molecule has 0 spiro atoms. The number of hydrogen-bond acceptors (Lipinski definition) is 8. The first kappa shape index (κ1) is 21.6. The second kappa shape index (κ2) is 8.48. The summed E-state index contributed by atoms with van der Waals surface area (Å²) in [4.78, 5) is 42.8. The molecule has 4 rings (SSSR count). The van der Waals surface area contributed by atoms with Gasteiger partial charge in [0.2, 0.25) is 11.8 Å². The topological polar surface area (TPSA) is 127 Å². The van der Waals surface area contributed by atoms with Crippen LogP contribution in [0.15, 0.2) is 29.3 Å². The number of likely N-dealkylation sites (tertiary alicyclic amines) is 1. The molecule has 0 aromatic carbocycles. The number of nitrogens with one attached hydrogen (secondary N) is 2. The standard InChI is InChI=1S/C21H27N7O4/c1-21(2,3)32-20(30)27-10-6-7-13(12-27)28-16-15(25-19(28)29)11-23-18(26-16)24-14-8-5-9-22-17(14)31-4/h5,8-9,11,13H,6-7,10,12H2,1-4H3,(H,25,29)(H,23,24,26). The number of nitrogens with zero attached hydrogens (tertiary/aromatic N) is 5. The minimum absolute atomic E-state index is 0.229. The Bertz CT molecular complexity index is 1180. The Morgan fingerprint density at radius 3 is 2.88 bits per heavy atom. The van der Waals surface area contributed by atoms with Crippen molar-refractivity contribution in [1.82, 2.24) is 29.4 Å². The van der Waals surface area contributed by atoms with Gasteiger partial charge in [-0.2, -0.15) is 4.98 Å². The first-order chi connectivity index (χ1) is 15.2. The molecule has 4 heterocycles. The smallest absolute Gasteiger partial charge is 0.410 e. The lowest BCUT2D eigenvalue weighted by Crippen LogP contribution is -2.44. The van der Waals surface area contributed by atoms with Crippen molar-refractivity contribution in [2.75, 3.05) is 25.5 Å². The van der Waals surface area contributed by atoms with Crippen LogP contribution in [-0.2, 0) is 4.74 Å². The number of pyridine rings is 1. The van der Waals surface area contributed by atoms with Crippen LogP contribution in [0.4, 0.5) is 16.4 Å². The summed E-state index contributed by atoms with van der Waals surface area (Å²) >= 11 is 0. The Kier molecular flexibility index (Phi) is 5.72. The summed E-state index contributed by atoms with van der Waals surface area (Å²) in [6.07, 6.45) is 4.30. The van der Waals surface area contributed by atoms with E-state index in [0.29, 0.717) is 41.8 Å². The van der Waals surface area contributed by atoms with Crippen LogP contribution in [0.25, 0.3) is 11.2 Å². The average Bonchev–Trinajstić information content (AvgIpc) is 3.08. The zero-order chi connectivity index (χ0) is 22.9. The predicted octanol–water partition coefficient (Wildman–Crippen LogP) is 2.84. The zero-order valence-electron chi connectivity index (χ0n) is 18.6. The lowest BCUT2D eigenvalue weighted by Gasteiger charge is -2.34. The predicted molar refractivity (Wildman–Crippen MR) is 118 cm³/mol. The highest BCUT2D eigenvalue weighted by atomic mass is 16.6. The van der Waals surface area contributed by atoms with Crippen molar-refractivity contribution in [3.05, 3.63) is 35.0 Å². The van der Waals surface area contributed by atoms with Crippen LogP contribution >= 0.6 is 0 Å². The van der Waals surface area contributed by atoms with Gasteiger partial charge in [0.15, 0.2) is 5.65 Å². The largest absolute Gasteiger partial charge is 0.480 e. The molecule has 3 aromatic rings. The number of carbonyl (C=O) groups is 1. The fourth-order valence-corrected chi connectivity index (χ4v) is 3.74. The molecule has 0 saturated carbocycles. The van der Waals surface area contributed by atoms with Gasteiger partial charge >= 0.3 is 11.8 Å². The molecule has 0 aliphatic carbocycles. The van der Waals surface area contributed by atoms with Crippen LogP contribution in [0.1, 0.15) is 39.7 Å². The SMILES string of the molecule is COc1ncccc1Nc1ncc2[nH]c(=O)n(C3CCCN(C(=O)OC(C)(C)C)C3)c2n1. The number of fused-ring (bicyclic) bond motifs is 1. The molecule has 1 aliphatic rings. The lowest BCUT2D eigenvalue weighted by atomic mass is 10.1. The molecule has 1 unspecified atom stereocenters. The first-order valence-corrected chi connectivity index (χ1v) is 10.5. The van der Waals surface area contributed by atoms with E-state index in [4.69, 9.17) is 9.47 Å². The van der Waals surface area contributed by atoms with E-state index in [2.05, 4.69) is 25.3 Å². The van der Waals surface area contributed by atoms with Crippen molar-refractivity contribution in [3.8, 4) is 5.88 Å². The zero-order valence-corrected chi connectivity index (χ0v) is 18.6. The second-order valence-electron chi connectivity index (χ2n) is 8.64. The minimum Gasteiger partial charge on any atom is -0.480 e. The van der Waals surface area contributed by atoms with Gasteiger partial charge in [0, 0.05) is 19.3 Å². The van der Waals surface area contributed by atoms with Gasteiger partial charge in [-0.15, -0.1) is 0 Å². The first-order valence-electron chi connectivity index (χ1n) is 10.5. The third-order valence-corrected chi connectivity index (χ3v) is 5.08. The van der Waals surface area contributed by atoms with Crippen molar-refractivity contribution in [2.24, 2.45) is 0 Å². The number of imidazole rings is 1. The van der Waals surface area contributed by atoms with Gasteiger partial charge in [-0.1, -0.05) is 0 Å². The van der Waals surface area contributed by atoms with Gasteiger partial charge in [0.05, 0.1) is 19.3 Å². The van der Waals surface area contributed by atoms with E-state index in [1.54, 1.807) is 34.0 Å². The Hall–Kier alpha value is -3.63. The second-order valence-corrected chi connectivity index (χ2v) is 8.64. The fourth-order valence-electron chi connectivity index (χ4n) is 3.74. The van der Waals surface area contributed by atoms with Gasteiger partial charge in [-0.05, 0) is 45.7 Å². The van der Waals surface area contributed by atoms with E-state index in [1.807, 2.05) is 20.8 Å². The van der Waals surface area contributed by atoms with Crippen molar-refractivity contribution in [2.45, 2.75) is 45.3 Å². The lowest BCUT2D eigenvalue weighted by molar-refractivity contribution is 0.0172. The summed E-state index contributed by atoms with van der Waals surface area (Å²) < 4.78 is 12.4. The summed E-state index contributed by atoms with van der Waals surface area (Å²) in [6, 6.07) is 3.33. The highest BCUT2D eigenvalue weighted by Crippen LogP contribution is 2.26. The Morgan fingerprint density at radius 1 is 1.31 bits per heavy atom. The summed E-state index contributed by atoms with van der Waals surface area (Å²) in [5.41, 5.74) is 0.719. The quantitative estimate of drug-likeness (QED) is 0.633. The highest BCUT2D eigenvalue weighted by molar-refractivity contribution is 5.73. The molecule has 11 nitrogen and oxygen atoms in total. The number of anilines is 2. The normalized spacial score (nSPS) is 16.8. The number of piperidine rings is 1. The van der Waals surface area contributed by atoms with E-state index in [1.165, 1.54) is 7.11 Å². The van der Waals surface area contributed by atoms with E-state index < -0.39 is 5.60 Å². The molecule has 170 valence electrons. The highest BCUT2D eigenvalue weighted by Gasteiger charge is 2.30. The molecule has 1 saturated heterocycles. The number of ether oxygens (including phenoxy) is 2. The van der Waals surface area contributed by atoms with Crippen molar-refractivity contribution in [3.63, 3.8) is 0 Å². The number of aromatic amines is 1. The molecule has 1 amide bonds. The van der Waals surface area contributed by atoms with Gasteiger partial charge in [0.25, 0.3) is 0 Å². The minimum atomic E-state index is -0.581. The average molecular weight is 441 g/mol. The van der Waals surface area contributed by atoms with Crippen molar-refractivity contribution in [1.29, 1.82) is 0 Å². The molecule has 0 radical (unpaired) electrons. The molecular weight excluding hydrogens is 414 g/mol. The van der Waals surface area contributed by atoms with Gasteiger partial charge in [-0.25, -0.2) is 19.6 Å². The molecule has 0 bridgehead atoms. The maximum absolute atomic E-state index is 12.8. The van der Waals surface area contributed by atoms with Crippen LogP contribution in [0.2, 0.25) is 0 Å². The third kappa shape index (κ3) is 4.51. The Morgan fingerprint density at radius 2 is 2.12 bits per heavy atom. The molecule has 11 heteroatoms. The third-order valence-electron chi connectivity index (χ3n) is 5.08. The number of aromatic nitrogens is 5. The number of amides is 1. The molecule has 3 aromatic heterocycles. The van der Waals surface area contributed by atoms with E-state index >= 15 is 0 Å². The van der Waals surface area contributed by atoms with E-state index in [-0.39, 0.29) is 17.8 Å². The van der Waals surface area contributed by atoms with E-state index in [9.17, 15) is 9.59 Å². The molecule has 1 aliphatic heterocycles. The van der Waals surface area contributed by atoms with E-state index in [0.717, 1.165) is 12.8 Å². The van der Waals surface area contributed by atoms with Crippen LogP contribution < -0.4 is 15.7 Å². The Labute approximate surface area is 184 Å². The summed E-state index contributed by atoms with van der Waals surface area (Å²) in [7, 11) is 1.53. The van der Waals surface area contributed by atoms with Crippen molar-refractivity contribution < 1.29 is 14.3 Å². The molecule has 32 heavy (non-hydrogen) atoms. The summed E-state index contributed by atoms with van der Waals surface area (Å²) in [5, 5.41) is 3.08. The summed E-state index contributed by atoms with van der Waals surface area (Å²) in [6.45, 7) is 6.45. The molecule has 1 fully saturated rings. The maximum Gasteiger partial charge on any atom is 0.410 e. The molecule has 2 N–H and O–H groups in total. The van der Waals surface area contributed by atoms with Crippen LogP contribution in [0, 0.1) is 0 Å². The van der Waals surface area contributed by atoms with Crippen molar-refractivity contribution >= 4 is 28.9 Å². The molecular formula is C21H27N7O4. The van der Waals surface area contributed by atoms with Crippen LogP contribution in [-0.4, -0.2) is 61.3 Å². The van der Waals surface area contributed by atoms with Crippen LogP contribution in [0.3, 0.4) is 0 Å². The molecule has 1 atom stereocenters. The Balaban J connectivity index is 1.62. The van der Waals surface area contributed by atoms with Gasteiger partial charge < -0.3 is 24.7 Å². The maximum atomic E-state index is 12.8. The van der Waals surface area contributed by atoms with Crippen LogP contribution in [0.5, 0.6) is 5.88 Å². The summed E-state index contributed by atoms with van der Waals surface area (Å²) in [5.74, 6) is 0.708. The monoisotopic (exact) mass is 441 g/mol. The van der Waals surface area contributed by atoms with Gasteiger partial charge in [-0.3, -0.25) is 4.57 Å². The fraction of sp³-hybridized carbons (Fsp3) is 0.476.